The third-order valence-electron chi connectivity index (χ3n) is 4.85. The fourth-order valence-corrected chi connectivity index (χ4v) is 3.22. The predicted octanol–water partition coefficient (Wildman–Crippen LogP) is 1.54. The number of hydrogen-bond donors (Lipinski definition) is 1. The number of hydrogen-bond acceptors (Lipinski definition) is 5. The van der Waals surface area contributed by atoms with Gasteiger partial charge in [0.05, 0.1) is 12.6 Å². The van der Waals surface area contributed by atoms with Crippen LogP contribution in [-0.4, -0.2) is 50.1 Å². The highest BCUT2D eigenvalue weighted by Crippen LogP contribution is 2.34. The smallest absolute Gasteiger partial charge is 0.251 e. The first-order valence-electron chi connectivity index (χ1n) is 8.74. The summed E-state index contributed by atoms with van der Waals surface area (Å²) in [7, 11) is 0. The fraction of sp³-hybridized carbons (Fsp3) is 0.529. The average Bonchev–Trinajstić information content (AvgIpc) is 3.36. The molecule has 132 valence electrons. The number of halogens is 1. The van der Waals surface area contributed by atoms with Gasteiger partial charge in [0.1, 0.15) is 5.82 Å². The lowest BCUT2D eigenvalue weighted by atomic mass is 10.0. The van der Waals surface area contributed by atoms with E-state index in [2.05, 4.69) is 25.7 Å². The van der Waals surface area contributed by atoms with E-state index in [-0.39, 0.29) is 17.8 Å². The molecule has 0 spiro atoms. The Balaban J connectivity index is 1.27. The Kier molecular flexibility index (Phi) is 4.44. The minimum absolute atomic E-state index is 0.142. The summed E-state index contributed by atoms with van der Waals surface area (Å²) in [4.78, 5) is 14.5. The van der Waals surface area contributed by atoms with Crippen molar-refractivity contribution in [3.8, 4) is 0 Å². The molecule has 1 aliphatic carbocycles. The minimum atomic E-state index is -0.335. The first kappa shape index (κ1) is 16.1. The van der Waals surface area contributed by atoms with Gasteiger partial charge in [-0.05, 0) is 60.4 Å². The SMILES string of the molecule is O=C(NC1CCN(Cc2nnnn2C2CC2)CC1)c1ccc(F)cc1. The Morgan fingerprint density at radius 2 is 1.88 bits per heavy atom. The zero-order valence-electron chi connectivity index (χ0n) is 13.9. The predicted molar refractivity (Wildman–Crippen MR) is 88.3 cm³/mol. The minimum Gasteiger partial charge on any atom is -0.349 e. The van der Waals surface area contributed by atoms with Crippen LogP contribution in [0, 0.1) is 5.82 Å². The first-order chi connectivity index (χ1) is 12.2. The van der Waals surface area contributed by atoms with Gasteiger partial charge < -0.3 is 5.32 Å². The number of aromatic nitrogens is 4. The molecule has 1 saturated carbocycles. The molecule has 0 bridgehead atoms. The van der Waals surface area contributed by atoms with Crippen LogP contribution in [0.15, 0.2) is 24.3 Å². The number of amides is 1. The van der Waals surface area contributed by atoms with E-state index < -0.39 is 0 Å². The van der Waals surface area contributed by atoms with Crippen molar-refractivity contribution in [2.45, 2.75) is 44.3 Å². The van der Waals surface area contributed by atoms with Crippen LogP contribution in [0.25, 0.3) is 0 Å². The van der Waals surface area contributed by atoms with Gasteiger partial charge in [-0.15, -0.1) is 5.10 Å². The molecule has 1 aromatic heterocycles. The fourth-order valence-electron chi connectivity index (χ4n) is 3.22. The van der Waals surface area contributed by atoms with E-state index in [1.165, 1.54) is 24.3 Å². The van der Waals surface area contributed by atoms with Crippen molar-refractivity contribution in [1.29, 1.82) is 0 Å². The van der Waals surface area contributed by atoms with Crippen molar-refractivity contribution in [1.82, 2.24) is 30.4 Å². The second kappa shape index (κ2) is 6.87. The summed E-state index contributed by atoms with van der Waals surface area (Å²) < 4.78 is 14.9. The van der Waals surface area contributed by atoms with E-state index in [0.717, 1.165) is 51.1 Å². The molecule has 2 aromatic rings. The molecular formula is C17H21FN6O. The van der Waals surface area contributed by atoms with Gasteiger partial charge in [-0.1, -0.05) is 0 Å². The van der Waals surface area contributed by atoms with Crippen molar-refractivity contribution in [2.75, 3.05) is 13.1 Å². The zero-order valence-corrected chi connectivity index (χ0v) is 13.9. The Morgan fingerprint density at radius 1 is 1.16 bits per heavy atom. The first-order valence-corrected chi connectivity index (χ1v) is 8.74. The molecule has 2 fully saturated rings. The maximum Gasteiger partial charge on any atom is 0.251 e. The van der Waals surface area contributed by atoms with Crippen molar-refractivity contribution >= 4 is 5.91 Å². The summed E-state index contributed by atoms with van der Waals surface area (Å²) in [5.74, 6) is 0.450. The van der Waals surface area contributed by atoms with E-state index in [4.69, 9.17) is 0 Å². The van der Waals surface area contributed by atoms with Crippen molar-refractivity contribution < 1.29 is 9.18 Å². The Hall–Kier alpha value is -2.35. The topological polar surface area (TPSA) is 75.9 Å². The maximum atomic E-state index is 12.9. The molecule has 1 N–H and O–H groups in total. The van der Waals surface area contributed by atoms with Crippen molar-refractivity contribution in [2.24, 2.45) is 0 Å². The van der Waals surface area contributed by atoms with Crippen LogP contribution < -0.4 is 5.32 Å². The van der Waals surface area contributed by atoms with E-state index in [1.807, 2.05) is 4.68 Å². The van der Waals surface area contributed by atoms with E-state index >= 15 is 0 Å². The van der Waals surface area contributed by atoms with Crippen LogP contribution in [-0.2, 0) is 6.54 Å². The lowest BCUT2D eigenvalue weighted by molar-refractivity contribution is 0.0907. The van der Waals surface area contributed by atoms with Crippen LogP contribution in [0.1, 0.15) is 47.9 Å². The zero-order chi connectivity index (χ0) is 17.2. The van der Waals surface area contributed by atoms with Crippen LogP contribution in [0.4, 0.5) is 4.39 Å². The highest BCUT2D eigenvalue weighted by molar-refractivity contribution is 5.94. The summed E-state index contributed by atoms with van der Waals surface area (Å²) in [6.45, 7) is 2.54. The van der Waals surface area contributed by atoms with Gasteiger partial charge in [-0.3, -0.25) is 9.69 Å². The number of likely N-dealkylation sites (tertiary alicyclic amines) is 1. The molecule has 1 aromatic carbocycles. The second-order valence-corrected chi connectivity index (χ2v) is 6.80. The second-order valence-electron chi connectivity index (χ2n) is 6.80. The summed E-state index contributed by atoms with van der Waals surface area (Å²) in [5.41, 5.74) is 0.493. The van der Waals surface area contributed by atoms with Gasteiger partial charge >= 0.3 is 0 Å². The molecule has 1 aliphatic heterocycles. The average molecular weight is 344 g/mol. The largest absolute Gasteiger partial charge is 0.349 e. The number of carbonyl (C=O) groups excluding carboxylic acids is 1. The molecule has 8 heteroatoms. The summed E-state index contributed by atoms with van der Waals surface area (Å²) in [5, 5.41) is 15.1. The summed E-state index contributed by atoms with van der Waals surface area (Å²) in [6, 6.07) is 6.27. The van der Waals surface area contributed by atoms with Gasteiger partial charge in [0.25, 0.3) is 5.91 Å². The monoisotopic (exact) mass is 344 g/mol. The van der Waals surface area contributed by atoms with Gasteiger partial charge in [-0.25, -0.2) is 9.07 Å². The number of tetrazole rings is 1. The standard InChI is InChI=1S/C17H21FN6O/c18-13-3-1-12(2-4-13)17(25)19-14-7-9-23(10-8-14)11-16-20-21-22-24(16)15-5-6-15/h1-4,14-15H,5-11H2,(H,19,25). The normalized spacial score (nSPS) is 19.1. The Labute approximate surface area is 145 Å². The molecule has 4 rings (SSSR count). The van der Waals surface area contributed by atoms with Gasteiger partial charge in [-0.2, -0.15) is 0 Å². The van der Waals surface area contributed by atoms with Crippen molar-refractivity contribution in [3.05, 3.63) is 41.5 Å². The molecular weight excluding hydrogens is 323 g/mol. The molecule has 0 atom stereocenters. The number of nitrogens with one attached hydrogen (secondary N) is 1. The van der Waals surface area contributed by atoms with Gasteiger partial charge in [0.15, 0.2) is 5.82 Å². The molecule has 25 heavy (non-hydrogen) atoms. The quantitative estimate of drug-likeness (QED) is 0.890. The Morgan fingerprint density at radius 3 is 2.56 bits per heavy atom. The molecule has 0 unspecified atom stereocenters. The number of benzene rings is 1. The van der Waals surface area contributed by atoms with Crippen molar-refractivity contribution in [3.63, 3.8) is 0 Å². The van der Waals surface area contributed by atoms with Gasteiger partial charge in [0.2, 0.25) is 0 Å². The Bertz CT molecular complexity index is 734. The molecule has 0 radical (unpaired) electrons. The lowest BCUT2D eigenvalue weighted by Crippen LogP contribution is -2.44. The molecule has 2 aliphatic rings. The molecule has 2 heterocycles. The maximum absolute atomic E-state index is 12.9. The third-order valence-corrected chi connectivity index (χ3v) is 4.85. The number of piperidine rings is 1. The number of carbonyl (C=O) groups is 1. The molecule has 1 saturated heterocycles. The van der Waals surface area contributed by atoms with E-state index in [9.17, 15) is 9.18 Å². The number of rotatable bonds is 5. The number of nitrogens with zero attached hydrogens (tertiary/aromatic N) is 5. The van der Waals surface area contributed by atoms with Crippen LogP contribution in [0.2, 0.25) is 0 Å². The van der Waals surface area contributed by atoms with E-state index in [1.54, 1.807) is 0 Å². The van der Waals surface area contributed by atoms with Crippen LogP contribution >= 0.6 is 0 Å². The highest BCUT2D eigenvalue weighted by atomic mass is 19.1. The lowest BCUT2D eigenvalue weighted by Gasteiger charge is -2.31. The van der Waals surface area contributed by atoms with Gasteiger partial charge in [0, 0.05) is 24.7 Å². The molecule has 1 amide bonds. The summed E-state index contributed by atoms with van der Waals surface area (Å²) in [6.07, 6.45) is 4.10. The third kappa shape index (κ3) is 3.84. The highest BCUT2D eigenvalue weighted by Gasteiger charge is 2.29. The van der Waals surface area contributed by atoms with Crippen LogP contribution in [0.5, 0.6) is 0 Å². The molecule has 7 nitrogen and oxygen atoms in total. The van der Waals surface area contributed by atoms with E-state index in [0.29, 0.717) is 11.6 Å². The van der Waals surface area contributed by atoms with Crippen LogP contribution in [0.3, 0.4) is 0 Å². The summed E-state index contributed by atoms with van der Waals surface area (Å²) >= 11 is 0.